The summed E-state index contributed by atoms with van der Waals surface area (Å²) in [4.78, 5) is 0. The molecular weight excluding hydrogens is 240 g/mol. The summed E-state index contributed by atoms with van der Waals surface area (Å²) in [5.41, 5.74) is 2.91. The van der Waals surface area contributed by atoms with Crippen molar-refractivity contribution in [1.82, 2.24) is 10.6 Å². The molecule has 0 saturated heterocycles. The quantitative estimate of drug-likeness (QED) is 0.609. The molecule has 1 atom stereocenters. The van der Waals surface area contributed by atoms with E-state index in [2.05, 4.69) is 41.5 Å². The van der Waals surface area contributed by atoms with Crippen molar-refractivity contribution in [2.45, 2.75) is 19.0 Å². The normalized spacial score (nSPS) is 19.0. The second-order valence-corrected chi connectivity index (χ2v) is 5.68. The number of hydrogen-bond donors (Lipinski definition) is 2. The third kappa shape index (κ3) is 3.87. The highest BCUT2D eigenvalue weighted by Crippen LogP contribution is 2.23. The van der Waals surface area contributed by atoms with Gasteiger partial charge in [0, 0.05) is 30.6 Å². The van der Waals surface area contributed by atoms with Gasteiger partial charge in [-0.25, -0.2) is 0 Å². The van der Waals surface area contributed by atoms with Crippen LogP contribution in [0.25, 0.3) is 0 Å². The lowest BCUT2D eigenvalue weighted by Gasteiger charge is -2.18. The van der Waals surface area contributed by atoms with Gasteiger partial charge < -0.3 is 10.6 Å². The van der Waals surface area contributed by atoms with Crippen LogP contribution in [0.15, 0.2) is 36.9 Å². The SMILES string of the molecule is C=CCSCCNC1CCNCc2ccccc21. The van der Waals surface area contributed by atoms with Crippen LogP contribution in [0.3, 0.4) is 0 Å². The molecule has 1 unspecified atom stereocenters. The zero-order valence-electron chi connectivity index (χ0n) is 10.8. The largest absolute Gasteiger partial charge is 0.313 e. The Morgan fingerprint density at radius 2 is 2.33 bits per heavy atom. The average Bonchev–Trinajstić information content (AvgIpc) is 2.61. The van der Waals surface area contributed by atoms with Crippen LogP contribution < -0.4 is 10.6 Å². The first-order valence-corrected chi connectivity index (χ1v) is 7.78. The van der Waals surface area contributed by atoms with E-state index in [1.54, 1.807) is 0 Å². The Kier molecular flexibility index (Phi) is 5.78. The molecule has 1 heterocycles. The molecule has 3 heteroatoms. The molecule has 0 aliphatic carbocycles. The monoisotopic (exact) mass is 262 g/mol. The van der Waals surface area contributed by atoms with Crippen molar-refractivity contribution in [3.05, 3.63) is 48.0 Å². The second kappa shape index (κ2) is 7.62. The zero-order chi connectivity index (χ0) is 12.6. The first kappa shape index (κ1) is 13.7. The molecule has 0 saturated carbocycles. The summed E-state index contributed by atoms with van der Waals surface area (Å²) in [6, 6.07) is 9.26. The number of rotatable bonds is 6. The highest BCUT2D eigenvalue weighted by molar-refractivity contribution is 7.99. The smallest absolute Gasteiger partial charge is 0.0335 e. The summed E-state index contributed by atoms with van der Waals surface area (Å²) in [7, 11) is 0. The molecule has 1 aromatic rings. The van der Waals surface area contributed by atoms with Crippen LogP contribution in [0.5, 0.6) is 0 Å². The topological polar surface area (TPSA) is 24.1 Å². The van der Waals surface area contributed by atoms with Gasteiger partial charge in [0.05, 0.1) is 0 Å². The molecule has 0 amide bonds. The van der Waals surface area contributed by atoms with E-state index < -0.39 is 0 Å². The lowest BCUT2D eigenvalue weighted by atomic mass is 9.99. The minimum absolute atomic E-state index is 0.500. The fourth-order valence-electron chi connectivity index (χ4n) is 2.34. The zero-order valence-corrected chi connectivity index (χ0v) is 11.6. The Hall–Kier alpha value is -0.770. The summed E-state index contributed by atoms with van der Waals surface area (Å²) in [5, 5.41) is 7.17. The molecule has 1 aliphatic rings. The van der Waals surface area contributed by atoms with Crippen LogP contribution in [0.1, 0.15) is 23.6 Å². The summed E-state index contributed by atoms with van der Waals surface area (Å²) in [6.07, 6.45) is 3.14. The Morgan fingerprint density at radius 1 is 1.44 bits per heavy atom. The van der Waals surface area contributed by atoms with E-state index in [9.17, 15) is 0 Å². The van der Waals surface area contributed by atoms with E-state index in [-0.39, 0.29) is 0 Å². The first-order chi connectivity index (χ1) is 8.92. The molecule has 18 heavy (non-hydrogen) atoms. The van der Waals surface area contributed by atoms with Crippen molar-refractivity contribution >= 4 is 11.8 Å². The maximum Gasteiger partial charge on any atom is 0.0335 e. The molecule has 98 valence electrons. The minimum Gasteiger partial charge on any atom is -0.313 e. The average molecular weight is 262 g/mol. The van der Waals surface area contributed by atoms with E-state index in [1.165, 1.54) is 17.5 Å². The van der Waals surface area contributed by atoms with Gasteiger partial charge in [0.15, 0.2) is 0 Å². The standard InChI is InChI=1S/C15H22N2S/c1-2-10-18-11-9-17-15-7-8-16-12-13-5-3-4-6-14(13)15/h2-6,15-17H,1,7-12H2. The Labute approximate surface area is 114 Å². The van der Waals surface area contributed by atoms with E-state index in [4.69, 9.17) is 0 Å². The molecule has 1 aliphatic heterocycles. The van der Waals surface area contributed by atoms with Crippen LogP contribution in [0.4, 0.5) is 0 Å². The van der Waals surface area contributed by atoms with Gasteiger partial charge in [-0.2, -0.15) is 11.8 Å². The van der Waals surface area contributed by atoms with Gasteiger partial charge in [-0.3, -0.25) is 0 Å². The van der Waals surface area contributed by atoms with E-state index >= 15 is 0 Å². The number of benzene rings is 1. The Bertz CT molecular complexity index is 379. The molecule has 0 radical (unpaired) electrons. The fraction of sp³-hybridized carbons (Fsp3) is 0.467. The molecule has 2 nitrogen and oxygen atoms in total. The van der Waals surface area contributed by atoms with Crippen LogP contribution in [-0.2, 0) is 6.54 Å². The van der Waals surface area contributed by atoms with Gasteiger partial charge in [0.1, 0.15) is 0 Å². The minimum atomic E-state index is 0.500. The molecule has 0 bridgehead atoms. The molecule has 0 fully saturated rings. The maximum atomic E-state index is 3.74. The van der Waals surface area contributed by atoms with Crippen molar-refractivity contribution in [1.29, 1.82) is 0 Å². The summed E-state index contributed by atoms with van der Waals surface area (Å²) >= 11 is 1.93. The van der Waals surface area contributed by atoms with Crippen molar-refractivity contribution in [3.63, 3.8) is 0 Å². The van der Waals surface area contributed by atoms with Crippen LogP contribution in [0, 0.1) is 0 Å². The predicted molar refractivity (Wildman–Crippen MR) is 81.0 cm³/mol. The molecular formula is C15H22N2S. The van der Waals surface area contributed by atoms with Crippen molar-refractivity contribution in [2.75, 3.05) is 24.6 Å². The van der Waals surface area contributed by atoms with Gasteiger partial charge in [0.2, 0.25) is 0 Å². The van der Waals surface area contributed by atoms with Crippen LogP contribution in [0.2, 0.25) is 0 Å². The predicted octanol–water partition coefficient (Wildman–Crippen LogP) is 2.73. The van der Waals surface area contributed by atoms with Crippen LogP contribution in [-0.4, -0.2) is 24.6 Å². The van der Waals surface area contributed by atoms with E-state index in [1.807, 2.05) is 17.8 Å². The maximum absolute atomic E-state index is 3.74. The number of fused-ring (bicyclic) bond motifs is 1. The van der Waals surface area contributed by atoms with E-state index in [0.717, 1.165) is 31.1 Å². The first-order valence-electron chi connectivity index (χ1n) is 6.62. The molecule has 0 spiro atoms. The van der Waals surface area contributed by atoms with Crippen molar-refractivity contribution in [3.8, 4) is 0 Å². The van der Waals surface area contributed by atoms with Gasteiger partial charge in [-0.15, -0.1) is 6.58 Å². The third-order valence-electron chi connectivity index (χ3n) is 3.23. The molecule has 2 N–H and O–H groups in total. The lowest BCUT2D eigenvalue weighted by molar-refractivity contribution is 0.512. The Morgan fingerprint density at radius 3 is 3.22 bits per heavy atom. The molecule has 2 rings (SSSR count). The Balaban J connectivity index is 1.89. The number of thioether (sulfide) groups is 1. The molecule has 0 aromatic heterocycles. The fourth-order valence-corrected chi connectivity index (χ4v) is 2.94. The second-order valence-electron chi connectivity index (χ2n) is 4.53. The summed E-state index contributed by atoms with van der Waals surface area (Å²) < 4.78 is 0. The molecule has 1 aromatic carbocycles. The summed E-state index contributed by atoms with van der Waals surface area (Å²) in [5.74, 6) is 2.20. The van der Waals surface area contributed by atoms with Gasteiger partial charge in [0.25, 0.3) is 0 Å². The lowest BCUT2D eigenvalue weighted by Crippen LogP contribution is -2.25. The summed E-state index contributed by atoms with van der Waals surface area (Å²) in [6.45, 7) is 6.90. The highest BCUT2D eigenvalue weighted by atomic mass is 32.2. The van der Waals surface area contributed by atoms with Crippen molar-refractivity contribution in [2.24, 2.45) is 0 Å². The van der Waals surface area contributed by atoms with Gasteiger partial charge in [-0.1, -0.05) is 30.3 Å². The van der Waals surface area contributed by atoms with Crippen LogP contribution >= 0.6 is 11.8 Å². The number of nitrogens with one attached hydrogen (secondary N) is 2. The third-order valence-corrected chi connectivity index (χ3v) is 4.19. The number of hydrogen-bond acceptors (Lipinski definition) is 3. The highest BCUT2D eigenvalue weighted by Gasteiger charge is 2.16. The van der Waals surface area contributed by atoms with E-state index in [0.29, 0.717) is 6.04 Å². The van der Waals surface area contributed by atoms with Gasteiger partial charge >= 0.3 is 0 Å². The van der Waals surface area contributed by atoms with Gasteiger partial charge in [-0.05, 0) is 24.1 Å². The van der Waals surface area contributed by atoms with Crippen molar-refractivity contribution < 1.29 is 0 Å².